The Balaban J connectivity index is 1.74. The maximum absolute atomic E-state index is 13.1. The van der Waals surface area contributed by atoms with Crippen molar-refractivity contribution in [1.29, 1.82) is 0 Å². The van der Waals surface area contributed by atoms with Crippen LogP contribution in [0.3, 0.4) is 0 Å². The number of ether oxygens (including phenoxy) is 1. The molecule has 3 rings (SSSR count). The van der Waals surface area contributed by atoms with Crippen molar-refractivity contribution in [3.8, 4) is 0 Å². The molecule has 0 radical (unpaired) electrons. The van der Waals surface area contributed by atoms with E-state index in [0.717, 1.165) is 37.6 Å². The predicted molar refractivity (Wildman–Crippen MR) is 114 cm³/mol. The molecule has 28 heavy (non-hydrogen) atoms. The van der Waals surface area contributed by atoms with Gasteiger partial charge in [-0.3, -0.25) is 9.59 Å². The summed E-state index contributed by atoms with van der Waals surface area (Å²) in [6.07, 6.45) is 0.929. The average molecular weight is 399 g/mol. The molecule has 1 unspecified atom stereocenters. The first-order valence-electron chi connectivity index (χ1n) is 9.51. The monoisotopic (exact) mass is 398 g/mol. The molecule has 1 aliphatic heterocycles. The van der Waals surface area contributed by atoms with Gasteiger partial charge in [-0.2, -0.15) is 0 Å². The summed E-state index contributed by atoms with van der Waals surface area (Å²) in [5, 5.41) is -0.280. The quantitative estimate of drug-likeness (QED) is 0.554. The molecule has 2 aromatic carbocycles. The number of thiol groups is 1. The fourth-order valence-electron chi connectivity index (χ4n) is 3.43. The van der Waals surface area contributed by atoms with E-state index >= 15 is 0 Å². The third kappa shape index (κ3) is 4.63. The largest absolute Gasteiger partial charge is 0.378 e. The van der Waals surface area contributed by atoms with E-state index in [1.807, 2.05) is 43.3 Å². The lowest BCUT2D eigenvalue weighted by Gasteiger charge is -2.30. The number of nitrogens with zero attached hydrogens (tertiary/aromatic N) is 1. The van der Waals surface area contributed by atoms with Crippen LogP contribution in [0.5, 0.6) is 0 Å². The van der Waals surface area contributed by atoms with Gasteiger partial charge in [-0.25, -0.2) is 0 Å². The normalized spacial score (nSPS) is 16.5. The molecule has 0 saturated carbocycles. The van der Waals surface area contributed by atoms with Crippen molar-refractivity contribution in [3.63, 3.8) is 0 Å². The minimum absolute atomic E-state index is 0.0714. The molecule has 1 atom stereocenters. The molecule has 0 bridgehead atoms. The van der Waals surface area contributed by atoms with Gasteiger partial charge in [-0.1, -0.05) is 31.2 Å². The number of rotatable bonds is 7. The molecule has 1 fully saturated rings. The van der Waals surface area contributed by atoms with Gasteiger partial charge in [0, 0.05) is 29.9 Å². The highest BCUT2D eigenvalue weighted by molar-refractivity contribution is 7.97. The summed E-state index contributed by atoms with van der Waals surface area (Å²) in [5.41, 5.74) is 8.68. The lowest BCUT2D eigenvalue weighted by atomic mass is 9.82. The Morgan fingerprint density at radius 3 is 2.14 bits per heavy atom. The fraction of sp³-hybridized carbons (Fsp3) is 0.364. The molecule has 2 aromatic rings. The zero-order chi connectivity index (χ0) is 20.1. The van der Waals surface area contributed by atoms with Gasteiger partial charge >= 0.3 is 0 Å². The van der Waals surface area contributed by atoms with Crippen LogP contribution >= 0.6 is 12.6 Å². The molecule has 0 aliphatic carbocycles. The highest BCUT2D eigenvalue weighted by atomic mass is 32.1. The maximum atomic E-state index is 13.1. The van der Waals surface area contributed by atoms with Gasteiger partial charge in [-0.05, 0) is 42.7 Å². The first-order valence-corrected chi connectivity index (χ1v) is 9.96. The molecule has 2 N–H and O–H groups in total. The minimum atomic E-state index is -0.993. The van der Waals surface area contributed by atoms with Crippen LogP contribution in [-0.2, 0) is 11.2 Å². The molecule has 148 valence electrons. The lowest BCUT2D eigenvalue weighted by molar-refractivity contribution is 0.0882. The van der Waals surface area contributed by atoms with Crippen molar-refractivity contribution in [2.75, 3.05) is 31.2 Å². The number of carbonyl (C=O) groups is 2. The SMILES string of the molecule is CCC(N)(Cc1ccc(C(=O)S)cc1)C(=O)c1ccc(N2CCOCC2)cc1. The molecule has 6 heteroatoms. The van der Waals surface area contributed by atoms with E-state index in [0.29, 0.717) is 24.0 Å². The van der Waals surface area contributed by atoms with Crippen LogP contribution in [0.1, 0.15) is 39.6 Å². The van der Waals surface area contributed by atoms with E-state index in [9.17, 15) is 9.59 Å². The Morgan fingerprint density at radius 2 is 1.61 bits per heavy atom. The van der Waals surface area contributed by atoms with Crippen LogP contribution in [0, 0.1) is 0 Å². The van der Waals surface area contributed by atoms with E-state index in [1.54, 1.807) is 12.1 Å². The molecule has 1 heterocycles. The Kier molecular flexibility index (Phi) is 6.54. The molecule has 0 spiro atoms. The molecule has 0 amide bonds. The van der Waals surface area contributed by atoms with E-state index in [-0.39, 0.29) is 10.9 Å². The van der Waals surface area contributed by atoms with Gasteiger partial charge in [0.1, 0.15) is 0 Å². The van der Waals surface area contributed by atoms with Crippen molar-refractivity contribution in [2.45, 2.75) is 25.3 Å². The molecular formula is C22H26N2O3S. The number of anilines is 1. The number of hydrogen-bond acceptors (Lipinski definition) is 5. The highest BCUT2D eigenvalue weighted by Gasteiger charge is 2.33. The van der Waals surface area contributed by atoms with E-state index in [2.05, 4.69) is 17.5 Å². The second-order valence-electron chi connectivity index (χ2n) is 7.16. The topological polar surface area (TPSA) is 72.6 Å². The van der Waals surface area contributed by atoms with Gasteiger partial charge in [0.05, 0.1) is 18.8 Å². The number of benzene rings is 2. The number of carbonyl (C=O) groups excluding carboxylic acids is 2. The van der Waals surface area contributed by atoms with Crippen LogP contribution in [0.4, 0.5) is 5.69 Å². The molecule has 5 nitrogen and oxygen atoms in total. The van der Waals surface area contributed by atoms with Gasteiger partial charge in [-0.15, -0.1) is 12.6 Å². The average Bonchev–Trinajstić information content (AvgIpc) is 2.74. The summed E-state index contributed by atoms with van der Waals surface area (Å²) in [6.45, 7) is 5.08. The van der Waals surface area contributed by atoms with Gasteiger partial charge in [0.15, 0.2) is 5.78 Å². The summed E-state index contributed by atoms with van der Waals surface area (Å²) in [4.78, 5) is 26.7. The zero-order valence-corrected chi connectivity index (χ0v) is 17.0. The van der Waals surface area contributed by atoms with Crippen LogP contribution < -0.4 is 10.6 Å². The first-order chi connectivity index (χ1) is 13.4. The summed E-state index contributed by atoms with van der Waals surface area (Å²) in [5.74, 6) is -0.0714. The smallest absolute Gasteiger partial charge is 0.216 e. The number of morpholine rings is 1. The summed E-state index contributed by atoms with van der Waals surface area (Å²) < 4.78 is 5.38. The van der Waals surface area contributed by atoms with Crippen LogP contribution in [0.25, 0.3) is 0 Å². The zero-order valence-electron chi connectivity index (χ0n) is 16.1. The Hall–Kier alpha value is -2.15. The fourth-order valence-corrected chi connectivity index (χ4v) is 3.58. The maximum Gasteiger partial charge on any atom is 0.216 e. The third-order valence-electron chi connectivity index (χ3n) is 5.31. The van der Waals surface area contributed by atoms with Crippen LogP contribution in [-0.4, -0.2) is 42.7 Å². The minimum Gasteiger partial charge on any atom is -0.378 e. The van der Waals surface area contributed by atoms with Gasteiger partial charge in [0.2, 0.25) is 5.12 Å². The number of Topliss-reactive ketones (excluding diaryl/α,β-unsaturated/α-hetero) is 1. The van der Waals surface area contributed by atoms with Crippen LogP contribution in [0.2, 0.25) is 0 Å². The Bertz CT molecular complexity index is 830. The second kappa shape index (κ2) is 8.90. The van der Waals surface area contributed by atoms with Gasteiger partial charge in [0.25, 0.3) is 0 Å². The molecule has 1 saturated heterocycles. The lowest BCUT2D eigenvalue weighted by Crippen LogP contribution is -2.49. The van der Waals surface area contributed by atoms with E-state index in [4.69, 9.17) is 10.5 Å². The van der Waals surface area contributed by atoms with Crippen molar-refractivity contribution < 1.29 is 14.3 Å². The summed E-state index contributed by atoms with van der Waals surface area (Å²) in [6, 6.07) is 14.7. The summed E-state index contributed by atoms with van der Waals surface area (Å²) in [7, 11) is 0. The van der Waals surface area contributed by atoms with Crippen molar-refractivity contribution in [1.82, 2.24) is 0 Å². The Morgan fingerprint density at radius 1 is 1.04 bits per heavy atom. The molecular weight excluding hydrogens is 372 g/mol. The van der Waals surface area contributed by atoms with E-state index in [1.165, 1.54) is 0 Å². The molecule has 0 aromatic heterocycles. The third-order valence-corrected chi connectivity index (χ3v) is 5.57. The van der Waals surface area contributed by atoms with E-state index < -0.39 is 5.54 Å². The Labute approximate surface area is 171 Å². The summed E-state index contributed by atoms with van der Waals surface area (Å²) >= 11 is 3.83. The van der Waals surface area contributed by atoms with Crippen molar-refractivity contribution >= 4 is 29.2 Å². The first kappa shape index (κ1) is 20.6. The number of nitrogens with two attached hydrogens (primary N) is 1. The molecule has 1 aliphatic rings. The van der Waals surface area contributed by atoms with Crippen molar-refractivity contribution in [3.05, 3.63) is 65.2 Å². The van der Waals surface area contributed by atoms with Gasteiger partial charge < -0.3 is 15.4 Å². The number of ketones is 1. The predicted octanol–water partition coefficient (Wildman–Crippen LogP) is 3.13. The highest BCUT2D eigenvalue weighted by Crippen LogP contribution is 2.23. The van der Waals surface area contributed by atoms with Crippen molar-refractivity contribution in [2.24, 2.45) is 5.73 Å². The number of hydrogen-bond donors (Lipinski definition) is 2. The standard InChI is InChI=1S/C22H26N2O3S/c1-2-22(23,15-16-3-5-18(6-4-16)21(26)28)20(25)17-7-9-19(10-8-17)24-11-13-27-14-12-24/h3-10H,2,11-15,23H2,1H3,(H,26,28). The second-order valence-corrected chi connectivity index (χ2v) is 7.57. The van der Waals surface area contributed by atoms with Crippen LogP contribution in [0.15, 0.2) is 48.5 Å².